The van der Waals surface area contributed by atoms with E-state index in [0.29, 0.717) is 0 Å². The fraction of sp³-hybridized carbons (Fsp3) is 0.571. The van der Waals surface area contributed by atoms with Crippen LogP contribution in [0.3, 0.4) is 0 Å². The van der Waals surface area contributed by atoms with Gasteiger partial charge in [0.15, 0.2) is 0 Å². The second-order valence-electron chi connectivity index (χ2n) is 8.09. The average Bonchev–Trinajstić information content (AvgIpc) is 3.30. The highest BCUT2D eigenvalue weighted by Crippen LogP contribution is 2.46. The third kappa shape index (κ3) is 2.72. The number of para-hydroxylation sites is 1. The zero-order valence-corrected chi connectivity index (χ0v) is 14.8. The summed E-state index contributed by atoms with van der Waals surface area (Å²) in [6.07, 6.45) is 5.84. The molecule has 5 rings (SSSR count). The van der Waals surface area contributed by atoms with Gasteiger partial charge in [-0.1, -0.05) is 24.6 Å². The van der Waals surface area contributed by atoms with Gasteiger partial charge < -0.3 is 10.0 Å². The Morgan fingerprint density at radius 3 is 2.60 bits per heavy atom. The fourth-order valence-electron chi connectivity index (χ4n) is 5.46. The number of aliphatic hydroxyl groups is 1. The Labute approximate surface area is 149 Å². The quantitative estimate of drug-likeness (QED) is 0.934. The van der Waals surface area contributed by atoms with Crippen LogP contribution in [0.1, 0.15) is 31.2 Å². The van der Waals surface area contributed by atoms with Crippen LogP contribution < -0.4 is 4.90 Å². The number of aromatic nitrogens is 1. The standard InChI is InChI=1S/C21H27N3O/c25-14-18-13-16-3-1-2-4-19(16)22-21(18)24-9-7-23(8-10-24)20-12-15-5-6-17(20)11-15/h1-4,13,15,17,20,25H,5-12,14H2. The molecule has 4 nitrogen and oxygen atoms in total. The van der Waals surface area contributed by atoms with Gasteiger partial charge in [0.1, 0.15) is 5.82 Å². The number of aliphatic hydroxyl groups excluding tert-OH is 1. The molecule has 0 spiro atoms. The third-order valence-electron chi connectivity index (χ3n) is 6.73. The van der Waals surface area contributed by atoms with Crippen LogP contribution in [0.25, 0.3) is 10.9 Å². The van der Waals surface area contributed by atoms with E-state index in [0.717, 1.165) is 66.3 Å². The molecule has 0 radical (unpaired) electrons. The van der Waals surface area contributed by atoms with E-state index in [-0.39, 0.29) is 6.61 Å². The SMILES string of the molecule is OCc1cc2ccccc2nc1N1CCN(C2CC3CCC2C3)CC1. The van der Waals surface area contributed by atoms with E-state index in [2.05, 4.69) is 28.0 Å². The summed E-state index contributed by atoms with van der Waals surface area (Å²) in [6.45, 7) is 4.36. The topological polar surface area (TPSA) is 39.6 Å². The molecule has 3 aliphatic rings. The number of fused-ring (bicyclic) bond motifs is 3. The molecule has 0 amide bonds. The Bertz CT molecular complexity index is 769. The van der Waals surface area contributed by atoms with Crippen molar-refractivity contribution >= 4 is 16.7 Å². The third-order valence-corrected chi connectivity index (χ3v) is 6.73. The largest absolute Gasteiger partial charge is 0.392 e. The summed E-state index contributed by atoms with van der Waals surface area (Å²) in [5, 5.41) is 10.9. The maximum atomic E-state index is 9.83. The summed E-state index contributed by atoms with van der Waals surface area (Å²) in [5.41, 5.74) is 1.97. The summed E-state index contributed by atoms with van der Waals surface area (Å²) in [6, 6.07) is 11.1. The van der Waals surface area contributed by atoms with Gasteiger partial charge in [-0.3, -0.25) is 4.90 Å². The maximum Gasteiger partial charge on any atom is 0.134 e. The van der Waals surface area contributed by atoms with E-state index in [1.54, 1.807) is 0 Å². The number of rotatable bonds is 3. The Morgan fingerprint density at radius 2 is 1.88 bits per heavy atom. The monoisotopic (exact) mass is 337 g/mol. The van der Waals surface area contributed by atoms with Gasteiger partial charge in [0.05, 0.1) is 12.1 Å². The van der Waals surface area contributed by atoms with Crippen LogP contribution in [-0.2, 0) is 6.61 Å². The maximum absolute atomic E-state index is 9.83. The normalized spacial score (nSPS) is 29.6. The summed E-state index contributed by atoms with van der Waals surface area (Å²) < 4.78 is 0. The highest BCUT2D eigenvalue weighted by Gasteiger charge is 2.42. The number of hydrogen-bond donors (Lipinski definition) is 1. The van der Waals surface area contributed by atoms with E-state index >= 15 is 0 Å². The molecule has 2 saturated carbocycles. The van der Waals surface area contributed by atoms with Crippen LogP contribution in [0.5, 0.6) is 0 Å². The van der Waals surface area contributed by atoms with Crippen LogP contribution in [0.4, 0.5) is 5.82 Å². The molecule has 2 aliphatic carbocycles. The van der Waals surface area contributed by atoms with E-state index in [1.807, 2.05) is 12.1 Å². The lowest BCUT2D eigenvalue weighted by atomic mass is 9.93. The predicted molar refractivity (Wildman–Crippen MR) is 101 cm³/mol. The van der Waals surface area contributed by atoms with E-state index in [4.69, 9.17) is 4.98 Å². The fourth-order valence-corrected chi connectivity index (χ4v) is 5.46. The Kier molecular flexibility index (Phi) is 3.90. The number of anilines is 1. The lowest BCUT2D eigenvalue weighted by Crippen LogP contribution is -2.52. The summed E-state index contributed by atoms with van der Waals surface area (Å²) >= 11 is 0. The second-order valence-corrected chi connectivity index (χ2v) is 8.09. The van der Waals surface area contributed by atoms with Crippen molar-refractivity contribution in [2.24, 2.45) is 11.8 Å². The van der Waals surface area contributed by atoms with Crippen LogP contribution >= 0.6 is 0 Å². The average molecular weight is 337 g/mol. The van der Waals surface area contributed by atoms with E-state index < -0.39 is 0 Å². The minimum Gasteiger partial charge on any atom is -0.392 e. The van der Waals surface area contributed by atoms with Crippen molar-refractivity contribution in [3.05, 3.63) is 35.9 Å². The number of benzene rings is 1. The molecule has 1 aromatic heterocycles. The van der Waals surface area contributed by atoms with Crippen molar-refractivity contribution in [2.75, 3.05) is 31.1 Å². The zero-order valence-electron chi connectivity index (χ0n) is 14.8. The molecular formula is C21H27N3O. The summed E-state index contributed by atoms with van der Waals surface area (Å²) in [4.78, 5) is 9.99. The number of hydrogen-bond acceptors (Lipinski definition) is 4. The van der Waals surface area contributed by atoms with E-state index in [1.165, 1.54) is 25.7 Å². The van der Waals surface area contributed by atoms with Crippen LogP contribution in [0, 0.1) is 11.8 Å². The molecule has 132 valence electrons. The van der Waals surface area contributed by atoms with Crippen molar-refractivity contribution in [3.8, 4) is 0 Å². The Balaban J connectivity index is 1.34. The molecular weight excluding hydrogens is 310 g/mol. The summed E-state index contributed by atoms with van der Waals surface area (Å²) in [7, 11) is 0. The van der Waals surface area contributed by atoms with Gasteiger partial charge in [-0.15, -0.1) is 0 Å². The molecule has 1 N–H and O–H groups in total. The molecule has 3 atom stereocenters. The highest BCUT2D eigenvalue weighted by molar-refractivity contribution is 5.81. The summed E-state index contributed by atoms with van der Waals surface area (Å²) in [5.74, 6) is 2.95. The molecule has 3 fully saturated rings. The smallest absolute Gasteiger partial charge is 0.134 e. The van der Waals surface area contributed by atoms with Gasteiger partial charge in [-0.05, 0) is 43.2 Å². The first-order chi connectivity index (χ1) is 12.3. The van der Waals surface area contributed by atoms with Gasteiger partial charge in [-0.2, -0.15) is 0 Å². The number of nitrogens with zero attached hydrogens (tertiary/aromatic N) is 3. The van der Waals surface area contributed by atoms with Gasteiger partial charge in [0.2, 0.25) is 0 Å². The van der Waals surface area contributed by atoms with Crippen LogP contribution in [0.15, 0.2) is 30.3 Å². The van der Waals surface area contributed by atoms with Gasteiger partial charge >= 0.3 is 0 Å². The molecule has 1 saturated heterocycles. The van der Waals surface area contributed by atoms with Gasteiger partial charge in [0.25, 0.3) is 0 Å². The van der Waals surface area contributed by atoms with Crippen molar-refractivity contribution in [2.45, 2.75) is 38.3 Å². The Morgan fingerprint density at radius 1 is 1.04 bits per heavy atom. The van der Waals surface area contributed by atoms with Crippen LogP contribution in [-0.4, -0.2) is 47.2 Å². The Hall–Kier alpha value is -1.65. The molecule has 3 unspecified atom stereocenters. The predicted octanol–water partition coefficient (Wildman–Crippen LogP) is 3.04. The van der Waals surface area contributed by atoms with Crippen molar-refractivity contribution in [1.82, 2.24) is 9.88 Å². The van der Waals surface area contributed by atoms with Gasteiger partial charge in [0, 0.05) is 43.2 Å². The molecule has 2 heterocycles. The molecule has 25 heavy (non-hydrogen) atoms. The first-order valence-corrected chi connectivity index (χ1v) is 9.80. The molecule has 2 bridgehead atoms. The number of pyridine rings is 1. The van der Waals surface area contributed by atoms with Crippen molar-refractivity contribution in [3.63, 3.8) is 0 Å². The molecule has 1 aliphatic heterocycles. The van der Waals surface area contributed by atoms with Crippen molar-refractivity contribution in [1.29, 1.82) is 0 Å². The second kappa shape index (κ2) is 6.26. The first-order valence-electron chi connectivity index (χ1n) is 9.80. The van der Waals surface area contributed by atoms with E-state index in [9.17, 15) is 5.11 Å². The highest BCUT2D eigenvalue weighted by atomic mass is 16.3. The molecule has 1 aromatic carbocycles. The molecule has 2 aromatic rings. The van der Waals surface area contributed by atoms with Crippen molar-refractivity contribution < 1.29 is 5.11 Å². The van der Waals surface area contributed by atoms with Gasteiger partial charge in [-0.25, -0.2) is 4.98 Å². The lowest BCUT2D eigenvalue weighted by molar-refractivity contribution is 0.134. The lowest BCUT2D eigenvalue weighted by Gasteiger charge is -2.41. The number of piperazine rings is 1. The minimum absolute atomic E-state index is 0.0553. The molecule has 4 heteroatoms. The zero-order chi connectivity index (χ0) is 16.8. The minimum atomic E-state index is 0.0553. The first kappa shape index (κ1) is 15.6. The van der Waals surface area contributed by atoms with Crippen LogP contribution in [0.2, 0.25) is 0 Å².